The van der Waals surface area contributed by atoms with Crippen LogP contribution in [0.2, 0.25) is 5.02 Å². The first-order chi connectivity index (χ1) is 14.9. The molecule has 0 amide bonds. The van der Waals surface area contributed by atoms with Crippen LogP contribution in [0, 0.1) is 10.1 Å². The van der Waals surface area contributed by atoms with Crippen LogP contribution >= 0.6 is 11.6 Å². The first kappa shape index (κ1) is 20.3. The van der Waals surface area contributed by atoms with E-state index >= 15 is 0 Å². The monoisotopic (exact) mass is 437 g/mol. The number of para-hydroxylation sites is 1. The van der Waals surface area contributed by atoms with Gasteiger partial charge in [-0.3, -0.25) is 19.5 Å². The summed E-state index contributed by atoms with van der Waals surface area (Å²) in [5.41, 5.74) is 0.133. The fourth-order valence-electron chi connectivity index (χ4n) is 3.41. The number of benzene rings is 2. The van der Waals surface area contributed by atoms with Gasteiger partial charge in [0.1, 0.15) is 0 Å². The van der Waals surface area contributed by atoms with Crippen molar-refractivity contribution in [2.24, 2.45) is 0 Å². The van der Waals surface area contributed by atoms with Crippen LogP contribution in [-0.2, 0) is 13.1 Å². The van der Waals surface area contributed by atoms with Gasteiger partial charge in [-0.1, -0.05) is 41.9 Å². The summed E-state index contributed by atoms with van der Waals surface area (Å²) in [5.74, 6) is 0. The molecule has 4 aromatic rings. The topological polar surface area (TPSA) is 105 Å². The van der Waals surface area contributed by atoms with E-state index in [1.807, 2.05) is 0 Å². The van der Waals surface area contributed by atoms with Crippen molar-refractivity contribution in [1.29, 1.82) is 0 Å². The Hall–Kier alpha value is -3.98. The normalized spacial score (nSPS) is 11.0. The molecule has 0 radical (unpaired) electrons. The van der Waals surface area contributed by atoms with Crippen LogP contribution in [0.4, 0.5) is 5.69 Å². The van der Waals surface area contributed by atoms with Crippen molar-refractivity contribution in [2.75, 3.05) is 0 Å². The number of hydrogen-bond acceptors (Lipinski definition) is 5. The molecule has 9 nitrogen and oxygen atoms in total. The molecule has 0 fully saturated rings. The molecular formula is C21H16ClN5O4. The average molecular weight is 438 g/mol. The number of hydrogen-bond donors (Lipinski definition) is 0. The minimum absolute atomic E-state index is 0.0000477. The summed E-state index contributed by atoms with van der Waals surface area (Å²) < 4.78 is 3.89. The molecule has 0 bridgehead atoms. The highest BCUT2D eigenvalue weighted by Gasteiger charge is 2.20. The Labute approximate surface area is 180 Å². The van der Waals surface area contributed by atoms with E-state index < -0.39 is 16.2 Å². The van der Waals surface area contributed by atoms with Crippen molar-refractivity contribution in [2.45, 2.75) is 13.1 Å². The summed E-state index contributed by atoms with van der Waals surface area (Å²) in [4.78, 5) is 41.2. The number of halogens is 1. The first-order valence-electron chi connectivity index (χ1n) is 9.22. The van der Waals surface area contributed by atoms with Crippen LogP contribution < -0.4 is 11.2 Å². The number of nitrogens with zero attached hydrogens (tertiary/aromatic N) is 5. The van der Waals surface area contributed by atoms with Gasteiger partial charge in [-0.25, -0.2) is 14.3 Å². The number of imidazole rings is 1. The standard InChI is InChI=1S/C21H16ClN5O4/c1-2-10-25-20(28)18-19(26(21(25)29)17-9-4-3-8-16(17)22)23-13-24(18)12-14-6-5-7-15(11-14)27(30)31/h2-9,11,13H,1,10,12H2. The van der Waals surface area contributed by atoms with Gasteiger partial charge in [0.2, 0.25) is 0 Å². The van der Waals surface area contributed by atoms with Crippen molar-refractivity contribution < 1.29 is 4.92 Å². The fourth-order valence-corrected chi connectivity index (χ4v) is 3.63. The third kappa shape index (κ3) is 3.55. The Morgan fingerprint density at radius 1 is 1.16 bits per heavy atom. The molecule has 4 rings (SSSR count). The van der Waals surface area contributed by atoms with Crippen molar-refractivity contribution >= 4 is 28.5 Å². The predicted molar refractivity (Wildman–Crippen MR) is 117 cm³/mol. The molecule has 2 aromatic heterocycles. The maximum atomic E-state index is 13.2. The molecule has 2 aromatic carbocycles. The summed E-state index contributed by atoms with van der Waals surface area (Å²) in [7, 11) is 0. The molecule has 0 saturated heterocycles. The van der Waals surface area contributed by atoms with Gasteiger partial charge in [-0.05, 0) is 17.7 Å². The lowest BCUT2D eigenvalue weighted by molar-refractivity contribution is -0.384. The minimum Gasteiger partial charge on any atom is -0.320 e. The van der Waals surface area contributed by atoms with Gasteiger partial charge in [0.15, 0.2) is 11.2 Å². The summed E-state index contributed by atoms with van der Waals surface area (Å²) in [6.45, 7) is 3.78. The highest BCUT2D eigenvalue weighted by atomic mass is 35.5. The van der Waals surface area contributed by atoms with Crippen LogP contribution in [0.5, 0.6) is 0 Å². The molecule has 156 valence electrons. The summed E-state index contributed by atoms with van der Waals surface area (Å²) in [5, 5.41) is 11.4. The maximum Gasteiger partial charge on any atom is 0.337 e. The van der Waals surface area contributed by atoms with E-state index in [0.717, 1.165) is 4.57 Å². The lowest BCUT2D eigenvalue weighted by Gasteiger charge is -2.13. The van der Waals surface area contributed by atoms with E-state index in [0.29, 0.717) is 16.3 Å². The fraction of sp³-hybridized carbons (Fsp3) is 0.0952. The molecule has 10 heteroatoms. The molecule has 0 saturated carbocycles. The smallest absolute Gasteiger partial charge is 0.320 e. The summed E-state index contributed by atoms with van der Waals surface area (Å²) in [6.07, 6.45) is 2.88. The second-order valence-electron chi connectivity index (χ2n) is 6.75. The molecule has 0 aliphatic rings. The maximum absolute atomic E-state index is 13.2. The SMILES string of the molecule is C=CCn1c(=O)c2c(ncn2Cc2cccc([N+](=O)[O-])c2)n(-c2ccccc2Cl)c1=O. The molecule has 2 heterocycles. The van der Waals surface area contributed by atoms with Gasteiger partial charge in [-0.2, -0.15) is 0 Å². The van der Waals surface area contributed by atoms with Crippen LogP contribution in [-0.4, -0.2) is 23.6 Å². The highest BCUT2D eigenvalue weighted by molar-refractivity contribution is 6.32. The number of allylic oxidation sites excluding steroid dienone is 1. The molecule has 0 spiro atoms. The third-order valence-electron chi connectivity index (χ3n) is 4.78. The number of nitro groups is 1. The highest BCUT2D eigenvalue weighted by Crippen LogP contribution is 2.22. The second kappa shape index (κ2) is 8.04. The van der Waals surface area contributed by atoms with Gasteiger partial charge in [-0.15, -0.1) is 6.58 Å². The predicted octanol–water partition coefficient (Wildman–Crippen LogP) is 3.14. The molecule has 0 aliphatic carbocycles. The average Bonchev–Trinajstić information content (AvgIpc) is 3.16. The van der Waals surface area contributed by atoms with E-state index in [1.54, 1.807) is 41.0 Å². The van der Waals surface area contributed by atoms with E-state index in [4.69, 9.17) is 11.6 Å². The number of nitro benzene ring substituents is 1. The molecular weight excluding hydrogens is 422 g/mol. The van der Waals surface area contributed by atoms with Gasteiger partial charge in [0.05, 0.1) is 22.0 Å². The number of fused-ring (bicyclic) bond motifs is 1. The molecule has 0 aliphatic heterocycles. The molecule has 31 heavy (non-hydrogen) atoms. The lowest BCUT2D eigenvalue weighted by Crippen LogP contribution is -2.39. The molecule has 0 unspecified atom stereocenters. The summed E-state index contributed by atoms with van der Waals surface area (Å²) in [6, 6.07) is 12.9. The summed E-state index contributed by atoms with van der Waals surface area (Å²) >= 11 is 6.32. The second-order valence-corrected chi connectivity index (χ2v) is 7.15. The van der Waals surface area contributed by atoms with Gasteiger partial charge < -0.3 is 4.57 Å². The van der Waals surface area contributed by atoms with Crippen LogP contribution in [0.3, 0.4) is 0 Å². The van der Waals surface area contributed by atoms with Crippen LogP contribution in [0.1, 0.15) is 5.56 Å². The van der Waals surface area contributed by atoms with E-state index in [2.05, 4.69) is 11.6 Å². The number of rotatable bonds is 6. The van der Waals surface area contributed by atoms with Crippen molar-refractivity contribution in [3.05, 3.63) is 109 Å². The van der Waals surface area contributed by atoms with Crippen molar-refractivity contribution in [3.63, 3.8) is 0 Å². The Balaban J connectivity index is 1.98. The van der Waals surface area contributed by atoms with E-state index in [9.17, 15) is 19.7 Å². The Morgan fingerprint density at radius 3 is 2.65 bits per heavy atom. The quantitative estimate of drug-likeness (QED) is 0.262. The zero-order chi connectivity index (χ0) is 22.1. The molecule has 0 N–H and O–H groups in total. The van der Waals surface area contributed by atoms with Gasteiger partial charge in [0, 0.05) is 25.2 Å². The third-order valence-corrected chi connectivity index (χ3v) is 5.10. The number of non-ortho nitro benzene ring substituents is 1. The lowest BCUT2D eigenvalue weighted by atomic mass is 10.2. The zero-order valence-electron chi connectivity index (χ0n) is 16.1. The molecule has 0 atom stereocenters. The minimum atomic E-state index is -0.592. The van der Waals surface area contributed by atoms with Crippen molar-refractivity contribution in [3.8, 4) is 5.69 Å². The Morgan fingerprint density at radius 2 is 1.94 bits per heavy atom. The van der Waals surface area contributed by atoms with Gasteiger partial charge in [0.25, 0.3) is 11.2 Å². The number of aromatic nitrogens is 4. The van der Waals surface area contributed by atoms with E-state index in [1.165, 1.54) is 29.1 Å². The first-order valence-corrected chi connectivity index (χ1v) is 9.60. The van der Waals surface area contributed by atoms with Crippen molar-refractivity contribution in [1.82, 2.24) is 18.7 Å². The van der Waals surface area contributed by atoms with Crippen LogP contribution in [0.25, 0.3) is 16.9 Å². The zero-order valence-corrected chi connectivity index (χ0v) is 16.9. The Bertz CT molecular complexity index is 1450. The van der Waals surface area contributed by atoms with Crippen LogP contribution in [0.15, 0.2) is 77.1 Å². The van der Waals surface area contributed by atoms with E-state index in [-0.39, 0.29) is 29.9 Å². The largest absolute Gasteiger partial charge is 0.337 e. The Kier molecular flexibility index (Phi) is 5.26. The van der Waals surface area contributed by atoms with Gasteiger partial charge >= 0.3 is 5.69 Å².